The first kappa shape index (κ1) is 17.4. The third kappa shape index (κ3) is 3.93. The maximum Gasteiger partial charge on any atom is 0.245 e. The fourth-order valence-electron chi connectivity index (χ4n) is 1.73. The highest BCUT2D eigenvalue weighted by molar-refractivity contribution is 7.91. The molecule has 0 atom stereocenters. The van der Waals surface area contributed by atoms with Gasteiger partial charge in [0.1, 0.15) is 4.90 Å². The highest BCUT2D eigenvalue weighted by Crippen LogP contribution is 2.25. The van der Waals surface area contributed by atoms with Crippen LogP contribution in [0.4, 0.5) is 5.69 Å². The molecule has 7 nitrogen and oxygen atoms in total. The monoisotopic (exact) mass is 331 g/mol. The van der Waals surface area contributed by atoms with Gasteiger partial charge in [0.2, 0.25) is 10.0 Å². The topological polar surface area (TPSA) is 121 Å². The van der Waals surface area contributed by atoms with Crippen LogP contribution in [0.2, 0.25) is 0 Å². The lowest BCUT2D eigenvalue weighted by molar-refractivity contribution is 0.435. The summed E-state index contributed by atoms with van der Waals surface area (Å²) in [5, 5.41) is 8.58. The van der Waals surface area contributed by atoms with Crippen molar-refractivity contribution in [3.05, 3.63) is 18.2 Å². The Bertz CT molecular complexity index is 764. The van der Waals surface area contributed by atoms with Crippen LogP contribution in [0.25, 0.3) is 0 Å². The Morgan fingerprint density at radius 3 is 2.38 bits per heavy atom. The molecular formula is C12H17N3O4S2. The summed E-state index contributed by atoms with van der Waals surface area (Å²) >= 11 is 0. The smallest absolute Gasteiger partial charge is 0.245 e. The van der Waals surface area contributed by atoms with Crippen molar-refractivity contribution in [2.75, 3.05) is 25.1 Å². The highest BCUT2D eigenvalue weighted by Gasteiger charge is 2.26. The Labute approximate surface area is 124 Å². The van der Waals surface area contributed by atoms with Crippen LogP contribution in [-0.4, -0.2) is 40.5 Å². The summed E-state index contributed by atoms with van der Waals surface area (Å²) in [4.78, 5) is -0.378. The number of hydrogen-bond donors (Lipinski definition) is 1. The maximum atomic E-state index is 12.5. The van der Waals surface area contributed by atoms with Gasteiger partial charge in [-0.1, -0.05) is 6.92 Å². The van der Waals surface area contributed by atoms with Crippen molar-refractivity contribution < 1.29 is 16.8 Å². The standard InChI is InChI=1S/C12H17N3O4S2/c1-3-15(8-4-7-13)21(18,19)12-9-10(20(2,16)17)5-6-11(12)14/h5-6,9H,3-4,8,14H2,1-2H3. The van der Waals surface area contributed by atoms with Crippen molar-refractivity contribution >= 4 is 25.5 Å². The number of benzene rings is 1. The summed E-state index contributed by atoms with van der Waals surface area (Å²) in [5.41, 5.74) is 5.64. The zero-order chi connectivity index (χ0) is 16.3. The summed E-state index contributed by atoms with van der Waals surface area (Å²) in [6.45, 7) is 1.82. The maximum absolute atomic E-state index is 12.5. The van der Waals surface area contributed by atoms with Gasteiger partial charge in [0, 0.05) is 25.8 Å². The van der Waals surface area contributed by atoms with Crippen molar-refractivity contribution in [1.82, 2.24) is 4.31 Å². The molecule has 116 valence electrons. The second-order valence-electron chi connectivity index (χ2n) is 4.38. The van der Waals surface area contributed by atoms with Crippen LogP contribution in [0.5, 0.6) is 0 Å². The molecule has 0 saturated carbocycles. The molecule has 21 heavy (non-hydrogen) atoms. The van der Waals surface area contributed by atoms with Crippen molar-refractivity contribution in [3.8, 4) is 6.07 Å². The number of anilines is 1. The van der Waals surface area contributed by atoms with Crippen LogP contribution < -0.4 is 5.73 Å². The van der Waals surface area contributed by atoms with Gasteiger partial charge in [-0.2, -0.15) is 9.57 Å². The van der Waals surface area contributed by atoms with Gasteiger partial charge < -0.3 is 5.73 Å². The zero-order valence-corrected chi connectivity index (χ0v) is 13.4. The number of nitrogen functional groups attached to an aromatic ring is 1. The Morgan fingerprint density at radius 2 is 1.90 bits per heavy atom. The second kappa shape index (κ2) is 6.43. The molecular weight excluding hydrogens is 314 g/mol. The first-order valence-electron chi connectivity index (χ1n) is 6.11. The van der Waals surface area contributed by atoms with Gasteiger partial charge in [-0.15, -0.1) is 0 Å². The molecule has 0 heterocycles. The average Bonchev–Trinajstić information content (AvgIpc) is 2.38. The van der Waals surface area contributed by atoms with Crippen LogP contribution >= 0.6 is 0 Å². The van der Waals surface area contributed by atoms with E-state index in [1.165, 1.54) is 12.1 Å². The first-order chi connectivity index (χ1) is 9.64. The number of sulfone groups is 1. The molecule has 0 aliphatic heterocycles. The van der Waals surface area contributed by atoms with Gasteiger partial charge in [0.05, 0.1) is 16.7 Å². The predicted molar refractivity (Wildman–Crippen MR) is 78.6 cm³/mol. The quantitative estimate of drug-likeness (QED) is 0.762. The minimum Gasteiger partial charge on any atom is -0.398 e. The number of rotatable bonds is 6. The van der Waals surface area contributed by atoms with E-state index in [-0.39, 0.29) is 35.0 Å². The number of nitriles is 1. The van der Waals surface area contributed by atoms with E-state index >= 15 is 0 Å². The molecule has 0 spiro atoms. The summed E-state index contributed by atoms with van der Waals surface area (Å²) in [5.74, 6) is 0. The normalized spacial score (nSPS) is 12.3. The first-order valence-corrected chi connectivity index (χ1v) is 9.44. The average molecular weight is 331 g/mol. The summed E-state index contributed by atoms with van der Waals surface area (Å²) in [7, 11) is -7.49. The van der Waals surface area contributed by atoms with Crippen LogP contribution in [0.3, 0.4) is 0 Å². The van der Waals surface area contributed by atoms with E-state index < -0.39 is 19.9 Å². The molecule has 0 aliphatic rings. The van der Waals surface area contributed by atoms with Gasteiger partial charge in [0.25, 0.3) is 0 Å². The molecule has 0 aliphatic carbocycles. The lowest BCUT2D eigenvalue weighted by atomic mass is 10.3. The van der Waals surface area contributed by atoms with Gasteiger partial charge in [-0.05, 0) is 18.2 Å². The fourth-order valence-corrected chi connectivity index (χ4v) is 4.04. The molecule has 0 saturated heterocycles. The van der Waals surface area contributed by atoms with Gasteiger partial charge in [-0.25, -0.2) is 16.8 Å². The molecule has 0 bridgehead atoms. The lowest BCUT2D eigenvalue weighted by Crippen LogP contribution is -2.32. The molecule has 0 fully saturated rings. The van der Waals surface area contributed by atoms with E-state index in [1.54, 1.807) is 6.92 Å². The van der Waals surface area contributed by atoms with E-state index in [1.807, 2.05) is 6.07 Å². The highest BCUT2D eigenvalue weighted by atomic mass is 32.2. The van der Waals surface area contributed by atoms with Crippen molar-refractivity contribution in [2.45, 2.75) is 23.1 Å². The van der Waals surface area contributed by atoms with Gasteiger partial charge in [0.15, 0.2) is 9.84 Å². The Hall–Kier alpha value is -1.63. The number of nitrogens with two attached hydrogens (primary N) is 1. The Morgan fingerprint density at radius 1 is 1.29 bits per heavy atom. The lowest BCUT2D eigenvalue weighted by Gasteiger charge is -2.20. The van der Waals surface area contributed by atoms with E-state index in [0.717, 1.165) is 16.6 Å². The minimum atomic E-state index is -3.94. The summed E-state index contributed by atoms with van der Waals surface area (Å²) < 4.78 is 49.2. The predicted octanol–water partition coefficient (Wildman–Crippen LogP) is 0.597. The van der Waals surface area contributed by atoms with Crippen LogP contribution in [0.1, 0.15) is 13.3 Å². The summed E-state index contributed by atoms with van der Waals surface area (Å²) in [6, 6.07) is 5.43. The number of sulfonamides is 1. The van der Waals surface area contributed by atoms with Crippen molar-refractivity contribution in [3.63, 3.8) is 0 Å². The van der Waals surface area contributed by atoms with Crippen LogP contribution in [0, 0.1) is 11.3 Å². The van der Waals surface area contributed by atoms with Crippen LogP contribution in [0.15, 0.2) is 28.0 Å². The zero-order valence-electron chi connectivity index (χ0n) is 11.8. The molecule has 1 aromatic carbocycles. The fraction of sp³-hybridized carbons (Fsp3) is 0.417. The van der Waals surface area contributed by atoms with E-state index in [9.17, 15) is 16.8 Å². The molecule has 0 aromatic heterocycles. The largest absolute Gasteiger partial charge is 0.398 e. The van der Waals surface area contributed by atoms with Crippen LogP contribution in [-0.2, 0) is 19.9 Å². The number of nitrogens with zero attached hydrogens (tertiary/aromatic N) is 2. The second-order valence-corrected chi connectivity index (χ2v) is 8.30. The Kier molecular flexibility index (Phi) is 5.33. The third-order valence-electron chi connectivity index (χ3n) is 2.86. The Balaban J connectivity index is 3.40. The third-order valence-corrected chi connectivity index (χ3v) is 6.00. The molecule has 0 unspecified atom stereocenters. The molecule has 1 rings (SSSR count). The van der Waals surface area contributed by atoms with E-state index in [2.05, 4.69) is 0 Å². The molecule has 9 heteroatoms. The van der Waals surface area contributed by atoms with Crippen molar-refractivity contribution in [1.29, 1.82) is 5.26 Å². The summed E-state index contributed by atoms with van der Waals surface area (Å²) in [6.07, 6.45) is 1.03. The molecule has 0 amide bonds. The molecule has 2 N–H and O–H groups in total. The number of hydrogen-bond acceptors (Lipinski definition) is 6. The molecule has 0 radical (unpaired) electrons. The van der Waals surface area contributed by atoms with E-state index in [4.69, 9.17) is 11.0 Å². The van der Waals surface area contributed by atoms with Gasteiger partial charge >= 0.3 is 0 Å². The van der Waals surface area contributed by atoms with Gasteiger partial charge in [-0.3, -0.25) is 0 Å². The molecule has 1 aromatic rings. The van der Waals surface area contributed by atoms with E-state index in [0.29, 0.717) is 0 Å². The minimum absolute atomic E-state index is 0.0257. The SMILES string of the molecule is CCN(CCC#N)S(=O)(=O)c1cc(S(C)(=O)=O)ccc1N. The van der Waals surface area contributed by atoms with Crippen molar-refractivity contribution in [2.24, 2.45) is 0 Å².